The van der Waals surface area contributed by atoms with Crippen molar-refractivity contribution in [3.8, 4) is 17.6 Å². The van der Waals surface area contributed by atoms with Crippen LogP contribution in [0.25, 0.3) is 0 Å². The smallest absolute Gasteiger partial charge is 0.231 e. The van der Waals surface area contributed by atoms with E-state index in [2.05, 4.69) is 0 Å². The van der Waals surface area contributed by atoms with Crippen molar-refractivity contribution in [3.05, 3.63) is 59.4 Å². The first-order valence-electron chi connectivity index (χ1n) is 6.28. The van der Waals surface area contributed by atoms with Crippen LogP contribution in [-0.2, 0) is 0 Å². The molecular formula is C16H10FNO3. The van der Waals surface area contributed by atoms with Gasteiger partial charge in [0.15, 0.2) is 17.3 Å². The van der Waals surface area contributed by atoms with Gasteiger partial charge in [-0.25, -0.2) is 4.39 Å². The van der Waals surface area contributed by atoms with Crippen molar-refractivity contribution in [2.75, 3.05) is 6.79 Å². The number of carbonyl (C=O) groups is 1. The number of ether oxygens (including phenoxy) is 2. The second-order valence-corrected chi connectivity index (χ2v) is 4.52. The van der Waals surface area contributed by atoms with Crippen LogP contribution in [0.2, 0.25) is 0 Å². The van der Waals surface area contributed by atoms with Crippen LogP contribution in [0.15, 0.2) is 42.5 Å². The molecule has 0 spiro atoms. The van der Waals surface area contributed by atoms with Gasteiger partial charge in [0.25, 0.3) is 0 Å². The molecule has 0 fully saturated rings. The minimum absolute atomic E-state index is 0.0719. The number of ketones is 1. The highest BCUT2D eigenvalue weighted by molar-refractivity contribution is 6.03. The molecule has 5 heteroatoms. The summed E-state index contributed by atoms with van der Waals surface area (Å²) in [5, 5.41) is 9.24. The van der Waals surface area contributed by atoms with Gasteiger partial charge in [0.1, 0.15) is 11.7 Å². The monoisotopic (exact) mass is 283 g/mol. The first-order valence-corrected chi connectivity index (χ1v) is 6.28. The van der Waals surface area contributed by atoms with Crippen LogP contribution in [-0.4, -0.2) is 12.6 Å². The summed E-state index contributed by atoms with van der Waals surface area (Å²) in [5.41, 5.74) is 0.358. The number of fused-ring (bicyclic) bond motifs is 1. The Morgan fingerprint density at radius 3 is 2.71 bits per heavy atom. The largest absolute Gasteiger partial charge is 0.454 e. The molecule has 0 saturated carbocycles. The summed E-state index contributed by atoms with van der Waals surface area (Å²) in [6.45, 7) is 0.0992. The van der Waals surface area contributed by atoms with E-state index in [9.17, 15) is 14.4 Å². The lowest BCUT2D eigenvalue weighted by Crippen LogP contribution is -2.12. The topological polar surface area (TPSA) is 59.3 Å². The van der Waals surface area contributed by atoms with Gasteiger partial charge in [-0.2, -0.15) is 5.26 Å². The zero-order valence-electron chi connectivity index (χ0n) is 10.9. The number of carbonyl (C=O) groups excluding carboxylic acids is 1. The molecule has 1 aliphatic heterocycles. The summed E-state index contributed by atoms with van der Waals surface area (Å²) in [6, 6.07) is 12.3. The summed E-state index contributed by atoms with van der Waals surface area (Å²) in [4.78, 5) is 12.4. The van der Waals surface area contributed by atoms with E-state index in [1.165, 1.54) is 24.3 Å². The molecule has 0 N–H and O–H groups in total. The van der Waals surface area contributed by atoms with Crippen molar-refractivity contribution in [2.24, 2.45) is 0 Å². The molecule has 21 heavy (non-hydrogen) atoms. The minimum atomic E-state index is -1.19. The average molecular weight is 283 g/mol. The lowest BCUT2D eigenvalue weighted by Gasteiger charge is -2.10. The minimum Gasteiger partial charge on any atom is -0.454 e. The maximum atomic E-state index is 13.8. The second-order valence-electron chi connectivity index (χ2n) is 4.52. The number of hydrogen-bond acceptors (Lipinski definition) is 4. The first kappa shape index (κ1) is 13.1. The highest BCUT2D eigenvalue weighted by Gasteiger charge is 2.26. The molecule has 1 heterocycles. The number of benzene rings is 2. The van der Waals surface area contributed by atoms with Crippen LogP contribution >= 0.6 is 0 Å². The summed E-state index contributed by atoms with van der Waals surface area (Å²) in [5.74, 6) is -1.23. The number of Topliss-reactive ketones (excluding diaryl/α,β-unsaturated/α-hetero) is 1. The number of nitriles is 1. The number of nitrogens with zero attached hydrogens (tertiary/aromatic N) is 1. The molecule has 0 amide bonds. The third kappa shape index (κ3) is 2.32. The van der Waals surface area contributed by atoms with Gasteiger partial charge in [-0.15, -0.1) is 0 Å². The fraction of sp³-hybridized carbons (Fsp3) is 0.125. The van der Waals surface area contributed by atoms with Crippen LogP contribution in [0.4, 0.5) is 4.39 Å². The summed E-state index contributed by atoms with van der Waals surface area (Å²) < 4.78 is 24.1. The van der Waals surface area contributed by atoms with Crippen molar-refractivity contribution in [3.63, 3.8) is 0 Å². The predicted octanol–water partition coefficient (Wildman–Crippen LogP) is 3.04. The molecule has 0 radical (unpaired) electrons. The standard InChI is InChI=1S/C16H10FNO3/c17-13-4-2-1-3-11(13)12(8-18)16(19)10-5-6-14-15(7-10)21-9-20-14/h1-7,12H,9H2. The third-order valence-electron chi connectivity index (χ3n) is 3.26. The van der Waals surface area contributed by atoms with Gasteiger partial charge in [-0.05, 0) is 24.3 Å². The zero-order chi connectivity index (χ0) is 14.8. The van der Waals surface area contributed by atoms with E-state index < -0.39 is 17.5 Å². The van der Waals surface area contributed by atoms with E-state index in [0.717, 1.165) is 0 Å². The summed E-state index contributed by atoms with van der Waals surface area (Å²) >= 11 is 0. The Bertz CT molecular complexity index is 751. The lowest BCUT2D eigenvalue weighted by molar-refractivity contribution is 0.0977. The molecule has 1 atom stereocenters. The molecule has 1 aliphatic rings. The highest BCUT2D eigenvalue weighted by atomic mass is 19.1. The Labute approximate surface area is 120 Å². The van der Waals surface area contributed by atoms with Crippen molar-refractivity contribution < 1.29 is 18.7 Å². The van der Waals surface area contributed by atoms with Gasteiger partial charge >= 0.3 is 0 Å². The Hall–Kier alpha value is -2.87. The van der Waals surface area contributed by atoms with Crippen LogP contribution in [0, 0.1) is 17.1 Å². The first-order chi connectivity index (χ1) is 10.2. The Kier molecular flexibility index (Phi) is 3.28. The van der Waals surface area contributed by atoms with Crippen molar-refractivity contribution in [2.45, 2.75) is 5.92 Å². The van der Waals surface area contributed by atoms with Crippen LogP contribution in [0.3, 0.4) is 0 Å². The molecule has 2 aromatic carbocycles. The van der Waals surface area contributed by atoms with E-state index in [4.69, 9.17) is 9.47 Å². The van der Waals surface area contributed by atoms with Crippen molar-refractivity contribution >= 4 is 5.78 Å². The Balaban J connectivity index is 1.97. The fourth-order valence-corrected chi connectivity index (χ4v) is 2.20. The maximum Gasteiger partial charge on any atom is 0.231 e. The SMILES string of the molecule is N#CC(C(=O)c1ccc2c(c1)OCO2)c1ccccc1F. The Morgan fingerprint density at radius 1 is 1.19 bits per heavy atom. The molecule has 3 rings (SSSR count). The van der Waals surface area contributed by atoms with Crippen molar-refractivity contribution in [1.29, 1.82) is 5.26 Å². The zero-order valence-corrected chi connectivity index (χ0v) is 10.9. The number of rotatable bonds is 3. The van der Waals surface area contributed by atoms with E-state index >= 15 is 0 Å². The second kappa shape index (κ2) is 5.25. The quantitative estimate of drug-likeness (QED) is 0.812. The van der Waals surface area contributed by atoms with E-state index in [0.29, 0.717) is 11.5 Å². The number of halogens is 1. The Morgan fingerprint density at radius 2 is 1.95 bits per heavy atom. The van der Waals surface area contributed by atoms with Crippen LogP contribution in [0.5, 0.6) is 11.5 Å². The third-order valence-corrected chi connectivity index (χ3v) is 3.26. The molecule has 0 aliphatic carbocycles. The summed E-state index contributed by atoms with van der Waals surface area (Å²) in [6.07, 6.45) is 0. The molecule has 1 unspecified atom stereocenters. The number of hydrogen-bond donors (Lipinski definition) is 0. The van der Waals surface area contributed by atoms with Gasteiger partial charge < -0.3 is 9.47 Å². The highest BCUT2D eigenvalue weighted by Crippen LogP contribution is 2.34. The molecule has 0 saturated heterocycles. The van der Waals surface area contributed by atoms with Crippen LogP contribution < -0.4 is 9.47 Å². The van der Waals surface area contributed by atoms with Crippen molar-refractivity contribution in [1.82, 2.24) is 0 Å². The van der Waals surface area contributed by atoms with Gasteiger partial charge in [0.05, 0.1) is 6.07 Å². The van der Waals surface area contributed by atoms with Gasteiger partial charge in [-0.3, -0.25) is 4.79 Å². The molecule has 4 nitrogen and oxygen atoms in total. The van der Waals surface area contributed by atoms with Gasteiger partial charge in [0.2, 0.25) is 6.79 Å². The molecular weight excluding hydrogens is 273 g/mol. The van der Waals surface area contributed by atoms with Gasteiger partial charge in [-0.1, -0.05) is 18.2 Å². The normalized spacial score (nSPS) is 13.5. The molecule has 0 aromatic heterocycles. The predicted molar refractivity (Wildman–Crippen MR) is 71.6 cm³/mol. The average Bonchev–Trinajstić information content (AvgIpc) is 2.97. The molecule has 104 valence electrons. The summed E-state index contributed by atoms with van der Waals surface area (Å²) in [7, 11) is 0. The maximum absolute atomic E-state index is 13.8. The van der Waals surface area contributed by atoms with E-state index in [1.54, 1.807) is 18.2 Å². The molecule has 0 bridgehead atoms. The molecule has 2 aromatic rings. The lowest BCUT2D eigenvalue weighted by atomic mass is 9.91. The van der Waals surface area contributed by atoms with Crippen LogP contribution in [0.1, 0.15) is 21.8 Å². The fourth-order valence-electron chi connectivity index (χ4n) is 2.20. The van der Waals surface area contributed by atoms with Gasteiger partial charge in [0, 0.05) is 11.1 Å². The van der Waals surface area contributed by atoms with E-state index in [1.807, 2.05) is 6.07 Å². The van der Waals surface area contributed by atoms with E-state index in [-0.39, 0.29) is 17.9 Å².